The van der Waals surface area contributed by atoms with Crippen molar-refractivity contribution in [3.8, 4) is 0 Å². The summed E-state index contributed by atoms with van der Waals surface area (Å²) in [4.78, 5) is 28.4. The predicted octanol–water partition coefficient (Wildman–Crippen LogP) is 4.76. The number of carbonyl (C=O) groups is 2. The van der Waals surface area contributed by atoms with Crippen molar-refractivity contribution in [1.29, 1.82) is 0 Å². The molecule has 0 radical (unpaired) electrons. The van der Waals surface area contributed by atoms with E-state index in [1.807, 2.05) is 6.07 Å². The molecule has 0 unspecified atom stereocenters. The normalized spacial score (nSPS) is 10.4. The van der Waals surface area contributed by atoms with Crippen LogP contribution in [0.1, 0.15) is 22.5 Å². The van der Waals surface area contributed by atoms with Crippen LogP contribution in [0.2, 0.25) is 5.02 Å². The van der Waals surface area contributed by atoms with E-state index in [1.54, 1.807) is 29.6 Å². The van der Waals surface area contributed by atoms with Gasteiger partial charge >= 0.3 is 0 Å². The third-order valence-corrected chi connectivity index (χ3v) is 4.72. The number of hydrogen-bond acceptors (Lipinski definition) is 4. The van der Waals surface area contributed by atoms with Crippen molar-refractivity contribution in [1.82, 2.24) is 4.98 Å². The molecule has 0 aliphatic rings. The Bertz CT molecular complexity index is 963. The van der Waals surface area contributed by atoms with Gasteiger partial charge in [-0.15, -0.1) is 11.3 Å². The molecule has 0 aliphatic carbocycles. The number of hydrogen-bond donors (Lipinski definition) is 2. The summed E-state index contributed by atoms with van der Waals surface area (Å²) in [5.41, 5.74) is 1.68. The number of thiazole rings is 1. The first-order valence-electron chi connectivity index (χ1n) is 8.07. The van der Waals surface area contributed by atoms with Gasteiger partial charge in [-0.3, -0.25) is 14.9 Å². The van der Waals surface area contributed by atoms with Crippen LogP contribution in [0.4, 0.5) is 15.2 Å². The van der Waals surface area contributed by atoms with E-state index in [-0.39, 0.29) is 23.3 Å². The number of rotatable bonds is 6. The van der Waals surface area contributed by atoms with Crippen molar-refractivity contribution in [2.45, 2.75) is 12.8 Å². The highest BCUT2D eigenvalue weighted by molar-refractivity contribution is 7.14. The Morgan fingerprint density at radius 1 is 1.11 bits per heavy atom. The maximum Gasteiger partial charge on any atom is 0.257 e. The molecule has 0 saturated heterocycles. The molecule has 2 amide bonds. The molecule has 8 heteroatoms. The summed E-state index contributed by atoms with van der Waals surface area (Å²) in [6.45, 7) is 0. The fourth-order valence-electron chi connectivity index (χ4n) is 2.28. The van der Waals surface area contributed by atoms with Crippen LogP contribution in [-0.4, -0.2) is 16.8 Å². The summed E-state index contributed by atoms with van der Waals surface area (Å²) >= 11 is 6.99. The van der Waals surface area contributed by atoms with Gasteiger partial charge in [0.25, 0.3) is 5.91 Å². The lowest BCUT2D eigenvalue weighted by Crippen LogP contribution is -2.13. The van der Waals surface area contributed by atoms with Gasteiger partial charge in [0.2, 0.25) is 5.91 Å². The van der Waals surface area contributed by atoms with E-state index in [2.05, 4.69) is 15.6 Å². The van der Waals surface area contributed by atoms with Crippen LogP contribution in [0.15, 0.2) is 53.9 Å². The topological polar surface area (TPSA) is 71.1 Å². The summed E-state index contributed by atoms with van der Waals surface area (Å²) in [7, 11) is 0. The van der Waals surface area contributed by atoms with Gasteiger partial charge in [-0.2, -0.15) is 0 Å². The molecule has 2 aromatic carbocycles. The minimum absolute atomic E-state index is 0.0499. The Kier molecular flexibility index (Phi) is 6.16. The number of nitrogens with zero attached hydrogens (tertiary/aromatic N) is 1. The first-order chi connectivity index (χ1) is 13.0. The standard InChI is InChI=1S/C19H15ClFN3O2S/c20-15-10-13(6-8-16(15)21)22-17(25)9-7-14-11-27-19(23-14)24-18(26)12-4-2-1-3-5-12/h1-6,8,10-11H,7,9H2,(H,22,25)(H,23,24,26). The fourth-order valence-corrected chi connectivity index (χ4v) is 3.20. The largest absolute Gasteiger partial charge is 0.326 e. The first kappa shape index (κ1) is 19.0. The van der Waals surface area contributed by atoms with Crippen molar-refractivity contribution < 1.29 is 14.0 Å². The van der Waals surface area contributed by atoms with Crippen LogP contribution in [0, 0.1) is 5.82 Å². The molecule has 138 valence electrons. The van der Waals surface area contributed by atoms with Gasteiger partial charge in [-0.1, -0.05) is 29.8 Å². The highest BCUT2D eigenvalue weighted by atomic mass is 35.5. The first-order valence-corrected chi connectivity index (χ1v) is 9.33. The van der Waals surface area contributed by atoms with Crippen molar-refractivity contribution >= 4 is 45.6 Å². The van der Waals surface area contributed by atoms with E-state index in [1.165, 1.54) is 29.5 Å². The summed E-state index contributed by atoms with van der Waals surface area (Å²) in [5.74, 6) is -1.01. The van der Waals surface area contributed by atoms with Gasteiger partial charge in [0, 0.05) is 23.1 Å². The van der Waals surface area contributed by atoms with Crippen molar-refractivity contribution in [2.24, 2.45) is 0 Å². The van der Waals surface area contributed by atoms with Crippen LogP contribution in [0.5, 0.6) is 0 Å². The fraction of sp³-hybridized carbons (Fsp3) is 0.105. The maximum atomic E-state index is 13.1. The van der Waals surface area contributed by atoms with Crippen LogP contribution in [0.3, 0.4) is 0 Å². The lowest BCUT2D eigenvalue weighted by molar-refractivity contribution is -0.116. The van der Waals surface area contributed by atoms with Gasteiger partial charge in [-0.05, 0) is 36.8 Å². The molecule has 0 aliphatic heterocycles. The second-order valence-electron chi connectivity index (χ2n) is 5.64. The van der Waals surface area contributed by atoms with Gasteiger partial charge in [0.15, 0.2) is 5.13 Å². The molecule has 5 nitrogen and oxygen atoms in total. The van der Waals surface area contributed by atoms with E-state index in [0.717, 1.165) is 0 Å². The summed E-state index contributed by atoms with van der Waals surface area (Å²) in [6, 6.07) is 12.8. The number of nitrogens with one attached hydrogen (secondary N) is 2. The van der Waals surface area contributed by atoms with Crippen molar-refractivity contribution in [2.75, 3.05) is 10.6 Å². The Balaban J connectivity index is 1.51. The molecule has 0 bridgehead atoms. The van der Waals surface area contributed by atoms with Crippen LogP contribution in [-0.2, 0) is 11.2 Å². The molecule has 3 rings (SSSR count). The maximum absolute atomic E-state index is 13.1. The number of anilines is 2. The zero-order valence-electron chi connectivity index (χ0n) is 14.0. The van der Waals surface area contributed by atoms with Gasteiger partial charge < -0.3 is 5.32 Å². The zero-order valence-corrected chi connectivity index (χ0v) is 15.6. The van der Waals surface area contributed by atoms with E-state index in [4.69, 9.17) is 11.6 Å². The Labute approximate surface area is 164 Å². The SMILES string of the molecule is O=C(CCc1csc(NC(=O)c2ccccc2)n1)Nc1ccc(F)c(Cl)c1. The summed E-state index contributed by atoms with van der Waals surface area (Å²) in [6.07, 6.45) is 0.614. The highest BCUT2D eigenvalue weighted by Crippen LogP contribution is 2.20. The van der Waals surface area contributed by atoms with E-state index in [9.17, 15) is 14.0 Å². The summed E-state index contributed by atoms with van der Waals surface area (Å²) < 4.78 is 13.1. The second kappa shape index (κ2) is 8.75. The van der Waals surface area contributed by atoms with Crippen molar-refractivity contribution in [3.63, 3.8) is 0 Å². The molecule has 1 aromatic heterocycles. The highest BCUT2D eigenvalue weighted by Gasteiger charge is 2.10. The minimum Gasteiger partial charge on any atom is -0.326 e. The predicted molar refractivity (Wildman–Crippen MR) is 105 cm³/mol. The number of halogens is 2. The Morgan fingerprint density at radius 3 is 2.63 bits per heavy atom. The lowest BCUT2D eigenvalue weighted by atomic mass is 10.2. The van der Waals surface area contributed by atoms with Crippen LogP contribution in [0.25, 0.3) is 0 Å². The van der Waals surface area contributed by atoms with E-state index < -0.39 is 5.82 Å². The summed E-state index contributed by atoms with van der Waals surface area (Å²) in [5, 5.41) is 7.61. The number of benzene rings is 2. The second-order valence-corrected chi connectivity index (χ2v) is 6.91. The third kappa shape index (κ3) is 5.35. The quantitative estimate of drug-likeness (QED) is 0.623. The molecule has 3 aromatic rings. The number of amides is 2. The molecule has 27 heavy (non-hydrogen) atoms. The molecular formula is C19H15ClFN3O2S. The Hall–Kier alpha value is -2.77. The molecule has 2 N–H and O–H groups in total. The molecule has 0 fully saturated rings. The molecular weight excluding hydrogens is 389 g/mol. The van der Waals surface area contributed by atoms with Crippen LogP contribution >= 0.6 is 22.9 Å². The molecule has 1 heterocycles. The number of aromatic nitrogens is 1. The monoisotopic (exact) mass is 403 g/mol. The van der Waals surface area contributed by atoms with Gasteiger partial charge in [-0.25, -0.2) is 9.37 Å². The molecule has 0 saturated carbocycles. The van der Waals surface area contributed by atoms with E-state index >= 15 is 0 Å². The average molecular weight is 404 g/mol. The van der Waals surface area contributed by atoms with E-state index in [0.29, 0.717) is 28.5 Å². The van der Waals surface area contributed by atoms with Gasteiger partial charge in [0.1, 0.15) is 5.82 Å². The minimum atomic E-state index is -0.540. The van der Waals surface area contributed by atoms with Crippen LogP contribution < -0.4 is 10.6 Å². The zero-order chi connectivity index (χ0) is 19.2. The Morgan fingerprint density at radius 2 is 1.89 bits per heavy atom. The smallest absolute Gasteiger partial charge is 0.257 e. The average Bonchev–Trinajstić information content (AvgIpc) is 3.11. The van der Waals surface area contributed by atoms with Crippen molar-refractivity contribution in [3.05, 3.63) is 76.0 Å². The van der Waals surface area contributed by atoms with Gasteiger partial charge in [0.05, 0.1) is 10.7 Å². The third-order valence-electron chi connectivity index (χ3n) is 3.62. The molecule has 0 spiro atoms. The molecule has 0 atom stereocenters. The lowest BCUT2D eigenvalue weighted by Gasteiger charge is -2.05. The number of carbonyl (C=O) groups excluding carboxylic acids is 2. The number of aryl methyl sites for hydroxylation is 1.